The summed E-state index contributed by atoms with van der Waals surface area (Å²) in [6, 6.07) is 18.8. The minimum Gasteiger partial charge on any atom is -0.289 e. The zero-order chi connectivity index (χ0) is 16.9. The molecule has 1 heterocycles. The van der Waals surface area contributed by atoms with Crippen molar-refractivity contribution in [3.63, 3.8) is 0 Å². The topological polar surface area (TPSA) is 60.2 Å². The summed E-state index contributed by atoms with van der Waals surface area (Å²) >= 11 is 1.04. The second-order valence-electron chi connectivity index (χ2n) is 5.12. The van der Waals surface area contributed by atoms with E-state index in [0.717, 1.165) is 22.5 Å². The number of carbonyl (C=O) groups is 1. The fourth-order valence-electron chi connectivity index (χ4n) is 2.25. The highest BCUT2D eigenvalue weighted by Crippen LogP contribution is 2.24. The van der Waals surface area contributed by atoms with Crippen LogP contribution in [0.4, 0.5) is 5.00 Å². The van der Waals surface area contributed by atoms with E-state index in [-0.39, 0.29) is 10.8 Å². The van der Waals surface area contributed by atoms with Crippen LogP contribution in [0.15, 0.2) is 72.1 Å². The molecule has 0 spiro atoms. The number of nitro groups is 1. The smallest absolute Gasteiger partial charge is 0.289 e. The maximum Gasteiger partial charge on any atom is 0.324 e. The predicted molar refractivity (Wildman–Crippen MR) is 96.2 cm³/mol. The van der Waals surface area contributed by atoms with Crippen LogP contribution in [-0.4, -0.2) is 10.7 Å². The van der Waals surface area contributed by atoms with Gasteiger partial charge in [0.15, 0.2) is 5.78 Å². The van der Waals surface area contributed by atoms with Gasteiger partial charge in [0.05, 0.1) is 4.92 Å². The minimum absolute atomic E-state index is 0.0642. The quantitative estimate of drug-likeness (QED) is 0.278. The van der Waals surface area contributed by atoms with Crippen molar-refractivity contribution in [2.45, 2.75) is 0 Å². The van der Waals surface area contributed by atoms with Gasteiger partial charge in [-0.15, -0.1) is 0 Å². The number of ketones is 1. The molecule has 3 rings (SSSR count). The molecule has 0 aliphatic carbocycles. The van der Waals surface area contributed by atoms with Crippen LogP contribution in [0.25, 0.3) is 17.2 Å². The van der Waals surface area contributed by atoms with E-state index in [9.17, 15) is 14.9 Å². The monoisotopic (exact) mass is 335 g/mol. The molecule has 0 N–H and O–H groups in total. The van der Waals surface area contributed by atoms with Crippen molar-refractivity contribution in [1.82, 2.24) is 0 Å². The Balaban J connectivity index is 1.73. The third-order valence-electron chi connectivity index (χ3n) is 3.49. The highest BCUT2D eigenvalue weighted by molar-refractivity contribution is 7.13. The second kappa shape index (κ2) is 7.02. The second-order valence-corrected chi connectivity index (χ2v) is 6.01. The molecular formula is C19H13NO3S. The van der Waals surface area contributed by atoms with Crippen LogP contribution in [0.3, 0.4) is 0 Å². The summed E-state index contributed by atoms with van der Waals surface area (Å²) in [5, 5.41) is 12.4. The van der Waals surface area contributed by atoms with Crippen LogP contribution in [0.1, 0.15) is 15.9 Å². The van der Waals surface area contributed by atoms with Gasteiger partial charge in [-0.3, -0.25) is 14.9 Å². The third-order valence-corrected chi connectivity index (χ3v) is 4.39. The lowest BCUT2D eigenvalue weighted by molar-refractivity contribution is -0.380. The average molecular weight is 335 g/mol. The van der Waals surface area contributed by atoms with Gasteiger partial charge in [-0.25, -0.2) is 0 Å². The van der Waals surface area contributed by atoms with E-state index >= 15 is 0 Å². The van der Waals surface area contributed by atoms with Crippen molar-refractivity contribution in [3.8, 4) is 11.1 Å². The van der Waals surface area contributed by atoms with E-state index in [4.69, 9.17) is 0 Å². The molecule has 3 aromatic rings. The summed E-state index contributed by atoms with van der Waals surface area (Å²) in [5.74, 6) is -0.136. The number of benzene rings is 2. The lowest BCUT2D eigenvalue weighted by Gasteiger charge is -2.02. The Morgan fingerprint density at radius 3 is 2.29 bits per heavy atom. The molecule has 0 unspecified atom stereocenters. The lowest BCUT2D eigenvalue weighted by atomic mass is 10.0. The Kier molecular flexibility index (Phi) is 4.63. The Morgan fingerprint density at radius 2 is 1.67 bits per heavy atom. The fourth-order valence-corrected chi connectivity index (χ4v) is 2.94. The summed E-state index contributed by atoms with van der Waals surface area (Å²) in [6.07, 6.45) is 3.03. The van der Waals surface area contributed by atoms with Crippen molar-refractivity contribution < 1.29 is 9.72 Å². The summed E-state index contributed by atoms with van der Waals surface area (Å²) in [7, 11) is 0. The minimum atomic E-state index is -0.438. The molecule has 1 aromatic heterocycles. The molecule has 0 bridgehead atoms. The molecule has 5 heteroatoms. The van der Waals surface area contributed by atoms with Gasteiger partial charge >= 0.3 is 5.00 Å². The molecule has 0 aliphatic heterocycles. The molecule has 0 atom stereocenters. The summed E-state index contributed by atoms with van der Waals surface area (Å²) in [5.41, 5.74) is 3.37. The first-order valence-electron chi connectivity index (χ1n) is 7.24. The van der Waals surface area contributed by atoms with Crippen LogP contribution in [0, 0.1) is 10.1 Å². The third kappa shape index (κ3) is 3.64. The first-order valence-corrected chi connectivity index (χ1v) is 8.12. The Hall–Kier alpha value is -3.05. The largest absolute Gasteiger partial charge is 0.324 e. The van der Waals surface area contributed by atoms with E-state index < -0.39 is 4.92 Å². The molecule has 0 aliphatic rings. The Bertz CT molecular complexity index is 896. The van der Waals surface area contributed by atoms with Gasteiger partial charge in [0.1, 0.15) is 0 Å². The standard InChI is InChI=1S/C19H13NO3S/c21-18(11-6-14-12-19(20(22)23)24-13-14)17-9-7-16(8-10-17)15-4-2-1-3-5-15/h1-13H/b11-6+. The number of carbonyl (C=O) groups excluding carboxylic acids is 1. The van der Waals surface area contributed by atoms with Gasteiger partial charge in [0.2, 0.25) is 0 Å². The Morgan fingerprint density at radius 1 is 1.00 bits per heavy atom. The maximum atomic E-state index is 12.2. The number of rotatable bonds is 5. The van der Waals surface area contributed by atoms with Crippen molar-refractivity contribution in [1.29, 1.82) is 0 Å². The van der Waals surface area contributed by atoms with Crippen LogP contribution in [-0.2, 0) is 0 Å². The SMILES string of the molecule is O=C(/C=C/c1csc([N+](=O)[O-])c1)c1ccc(-c2ccccc2)cc1. The first kappa shape index (κ1) is 15.8. The molecule has 0 radical (unpaired) electrons. The zero-order valence-corrected chi connectivity index (χ0v) is 13.4. The van der Waals surface area contributed by atoms with E-state index in [1.807, 2.05) is 42.5 Å². The number of hydrogen-bond donors (Lipinski definition) is 0. The van der Waals surface area contributed by atoms with E-state index in [1.54, 1.807) is 23.6 Å². The number of allylic oxidation sites excluding steroid dienone is 1. The number of thiophene rings is 1. The molecule has 0 amide bonds. The first-order chi connectivity index (χ1) is 11.6. The molecule has 2 aromatic carbocycles. The Labute approximate surface area is 142 Å². The summed E-state index contributed by atoms with van der Waals surface area (Å²) < 4.78 is 0. The van der Waals surface area contributed by atoms with Gasteiger partial charge < -0.3 is 0 Å². The van der Waals surface area contributed by atoms with Gasteiger partial charge in [-0.1, -0.05) is 65.9 Å². The van der Waals surface area contributed by atoms with Crippen molar-refractivity contribution in [2.75, 3.05) is 0 Å². The molecule has 118 valence electrons. The fraction of sp³-hybridized carbons (Fsp3) is 0. The normalized spacial score (nSPS) is 10.8. The zero-order valence-electron chi connectivity index (χ0n) is 12.6. The van der Waals surface area contributed by atoms with Crippen LogP contribution < -0.4 is 0 Å². The highest BCUT2D eigenvalue weighted by atomic mass is 32.1. The van der Waals surface area contributed by atoms with Gasteiger partial charge in [0, 0.05) is 17.0 Å². The number of hydrogen-bond acceptors (Lipinski definition) is 4. The molecular weight excluding hydrogens is 322 g/mol. The average Bonchev–Trinajstić information content (AvgIpc) is 3.10. The molecule has 0 saturated heterocycles. The van der Waals surface area contributed by atoms with Gasteiger partial charge in [-0.2, -0.15) is 0 Å². The van der Waals surface area contributed by atoms with E-state index in [2.05, 4.69) is 0 Å². The molecule has 4 nitrogen and oxygen atoms in total. The van der Waals surface area contributed by atoms with Crippen LogP contribution in [0.2, 0.25) is 0 Å². The molecule has 24 heavy (non-hydrogen) atoms. The predicted octanol–water partition coefficient (Wildman–Crippen LogP) is 5.22. The maximum absolute atomic E-state index is 12.2. The summed E-state index contributed by atoms with van der Waals surface area (Å²) in [6.45, 7) is 0. The molecule has 0 saturated carbocycles. The highest BCUT2D eigenvalue weighted by Gasteiger charge is 2.08. The van der Waals surface area contributed by atoms with Crippen molar-refractivity contribution in [2.24, 2.45) is 0 Å². The van der Waals surface area contributed by atoms with Gasteiger partial charge in [-0.05, 0) is 28.8 Å². The summed E-state index contributed by atoms with van der Waals surface area (Å²) in [4.78, 5) is 22.4. The number of nitrogens with zero attached hydrogens (tertiary/aromatic N) is 1. The van der Waals surface area contributed by atoms with Crippen molar-refractivity contribution >= 4 is 28.2 Å². The van der Waals surface area contributed by atoms with Crippen LogP contribution >= 0.6 is 11.3 Å². The van der Waals surface area contributed by atoms with Gasteiger partial charge in [0.25, 0.3) is 0 Å². The van der Waals surface area contributed by atoms with Crippen molar-refractivity contribution in [3.05, 3.63) is 93.4 Å². The lowest BCUT2D eigenvalue weighted by Crippen LogP contribution is -1.93. The van der Waals surface area contributed by atoms with E-state index in [1.165, 1.54) is 12.1 Å². The van der Waals surface area contributed by atoms with Crippen LogP contribution in [0.5, 0.6) is 0 Å². The van der Waals surface area contributed by atoms with E-state index in [0.29, 0.717) is 11.1 Å². The molecule has 0 fully saturated rings.